The molecule has 0 aliphatic heterocycles. The van der Waals surface area contributed by atoms with E-state index in [-0.39, 0.29) is 24.3 Å². The molecule has 11 nitrogen and oxygen atoms in total. The molecule has 3 atom stereocenters. The van der Waals surface area contributed by atoms with E-state index in [1.54, 1.807) is 24.3 Å². The first-order valence-corrected chi connectivity index (χ1v) is 10.5. The monoisotopic (exact) mass is 472 g/mol. The molecule has 3 unspecified atom stereocenters. The molecule has 0 fully saturated rings. The molecule has 3 amide bonds. The van der Waals surface area contributed by atoms with Gasteiger partial charge in [-0.25, -0.2) is 0 Å². The zero-order valence-corrected chi connectivity index (χ0v) is 18.5. The molecule has 182 valence electrons. The number of carboxylic acids is 1. The van der Waals surface area contributed by atoms with Crippen LogP contribution < -0.4 is 21.7 Å². The van der Waals surface area contributed by atoms with E-state index in [1.165, 1.54) is 31.2 Å². The summed E-state index contributed by atoms with van der Waals surface area (Å²) in [7, 11) is 0. The Kier molecular flexibility index (Phi) is 9.38. The first kappa shape index (κ1) is 26.1. The van der Waals surface area contributed by atoms with Crippen molar-refractivity contribution >= 4 is 23.7 Å². The van der Waals surface area contributed by atoms with E-state index in [9.17, 15) is 29.4 Å². The number of amides is 3. The van der Waals surface area contributed by atoms with Crippen LogP contribution in [-0.2, 0) is 32.0 Å². The summed E-state index contributed by atoms with van der Waals surface area (Å²) in [4.78, 5) is 48.2. The van der Waals surface area contributed by atoms with E-state index >= 15 is 0 Å². The van der Waals surface area contributed by atoms with Gasteiger partial charge in [0.2, 0.25) is 17.7 Å². The quantitative estimate of drug-likeness (QED) is 0.225. The first-order chi connectivity index (χ1) is 16.0. The lowest BCUT2D eigenvalue weighted by Crippen LogP contribution is -2.54. The van der Waals surface area contributed by atoms with Crippen LogP contribution in [0, 0.1) is 0 Å². The summed E-state index contributed by atoms with van der Waals surface area (Å²) in [6.45, 7) is 0.795. The third-order valence-electron chi connectivity index (χ3n) is 4.91. The molecule has 0 aromatic heterocycles. The van der Waals surface area contributed by atoms with Crippen LogP contribution in [0.1, 0.15) is 18.1 Å². The minimum absolute atomic E-state index is 0.0360. The number of aromatic hydroxyl groups is 2. The van der Waals surface area contributed by atoms with Crippen molar-refractivity contribution < 1.29 is 34.5 Å². The Morgan fingerprint density at radius 3 is 1.82 bits per heavy atom. The number of hydrogen-bond acceptors (Lipinski definition) is 7. The molecule has 0 heterocycles. The average molecular weight is 472 g/mol. The van der Waals surface area contributed by atoms with Crippen molar-refractivity contribution in [3.63, 3.8) is 0 Å². The highest BCUT2D eigenvalue weighted by molar-refractivity contribution is 5.92. The van der Waals surface area contributed by atoms with Crippen molar-refractivity contribution in [2.75, 3.05) is 6.54 Å². The van der Waals surface area contributed by atoms with Gasteiger partial charge in [-0.05, 0) is 48.7 Å². The maximum atomic E-state index is 12.8. The Morgan fingerprint density at radius 2 is 1.32 bits per heavy atom. The van der Waals surface area contributed by atoms with Crippen LogP contribution in [0.4, 0.5) is 0 Å². The van der Waals surface area contributed by atoms with Crippen molar-refractivity contribution in [1.82, 2.24) is 16.0 Å². The Labute approximate surface area is 196 Å². The summed E-state index contributed by atoms with van der Waals surface area (Å²) < 4.78 is 0. The highest BCUT2D eigenvalue weighted by Crippen LogP contribution is 2.13. The fourth-order valence-electron chi connectivity index (χ4n) is 2.98. The molecule has 0 aliphatic carbocycles. The number of carbonyl (C=O) groups excluding carboxylic acids is 3. The fraction of sp³-hybridized carbons (Fsp3) is 0.304. The van der Waals surface area contributed by atoms with E-state index in [0.29, 0.717) is 11.1 Å². The Balaban J connectivity index is 2.05. The minimum atomic E-state index is -1.22. The van der Waals surface area contributed by atoms with Crippen LogP contribution >= 0.6 is 0 Å². The largest absolute Gasteiger partial charge is 0.508 e. The molecule has 34 heavy (non-hydrogen) atoms. The zero-order chi connectivity index (χ0) is 25.3. The number of phenolic OH excluding ortho intramolecular Hbond substituents is 2. The van der Waals surface area contributed by atoms with Crippen molar-refractivity contribution in [3.8, 4) is 11.5 Å². The SMILES string of the molecule is CC(NC(=O)CNC(=O)C(Cc1ccc(O)cc1)NC(=O)C(N)Cc1ccc(O)cc1)C(=O)O. The molecule has 2 rings (SSSR count). The van der Waals surface area contributed by atoms with Gasteiger partial charge in [0, 0.05) is 6.42 Å². The summed E-state index contributed by atoms with van der Waals surface area (Å²) in [6.07, 6.45) is 0.214. The van der Waals surface area contributed by atoms with Gasteiger partial charge < -0.3 is 37.0 Å². The zero-order valence-electron chi connectivity index (χ0n) is 18.5. The number of carboxylic acid groups (broad SMARTS) is 1. The Bertz CT molecular complexity index is 1010. The smallest absolute Gasteiger partial charge is 0.325 e. The normalized spacial score (nSPS) is 13.2. The topological polar surface area (TPSA) is 191 Å². The van der Waals surface area contributed by atoms with Crippen molar-refractivity contribution in [1.29, 1.82) is 0 Å². The van der Waals surface area contributed by atoms with Gasteiger partial charge in [-0.2, -0.15) is 0 Å². The van der Waals surface area contributed by atoms with Crippen LogP contribution in [0.25, 0.3) is 0 Å². The lowest BCUT2D eigenvalue weighted by Gasteiger charge is -2.21. The van der Waals surface area contributed by atoms with Crippen LogP contribution in [0.15, 0.2) is 48.5 Å². The van der Waals surface area contributed by atoms with Crippen LogP contribution in [0.3, 0.4) is 0 Å². The van der Waals surface area contributed by atoms with Crippen molar-refractivity contribution in [3.05, 3.63) is 59.7 Å². The van der Waals surface area contributed by atoms with Crippen LogP contribution in [0.2, 0.25) is 0 Å². The number of nitrogens with one attached hydrogen (secondary N) is 3. The molecule has 0 saturated heterocycles. The average Bonchev–Trinajstić information content (AvgIpc) is 2.79. The van der Waals surface area contributed by atoms with E-state index in [1.807, 2.05) is 0 Å². The lowest BCUT2D eigenvalue weighted by atomic mass is 10.0. The number of carbonyl (C=O) groups is 4. The third kappa shape index (κ3) is 8.43. The highest BCUT2D eigenvalue weighted by atomic mass is 16.4. The lowest BCUT2D eigenvalue weighted by molar-refractivity contribution is -0.141. The van der Waals surface area contributed by atoms with Gasteiger partial charge in [0.1, 0.15) is 23.6 Å². The second-order valence-corrected chi connectivity index (χ2v) is 7.75. The summed E-state index contributed by atoms with van der Waals surface area (Å²) in [6, 6.07) is 9.02. The second kappa shape index (κ2) is 12.2. The first-order valence-electron chi connectivity index (χ1n) is 10.5. The molecule has 0 aliphatic rings. The van der Waals surface area contributed by atoms with Crippen molar-refractivity contribution in [2.24, 2.45) is 5.73 Å². The van der Waals surface area contributed by atoms with Gasteiger partial charge >= 0.3 is 5.97 Å². The molecule has 0 bridgehead atoms. The van der Waals surface area contributed by atoms with E-state index < -0.39 is 48.4 Å². The summed E-state index contributed by atoms with van der Waals surface area (Å²) >= 11 is 0. The van der Waals surface area contributed by atoms with Crippen LogP contribution in [-0.4, -0.2) is 63.7 Å². The number of hydrogen-bond donors (Lipinski definition) is 7. The molecule has 2 aromatic carbocycles. The summed E-state index contributed by atoms with van der Waals surface area (Å²) in [5.74, 6) is -3.09. The van der Waals surface area contributed by atoms with E-state index in [2.05, 4.69) is 16.0 Å². The highest BCUT2D eigenvalue weighted by Gasteiger charge is 2.25. The molecule has 0 saturated carbocycles. The van der Waals surface area contributed by atoms with Crippen molar-refractivity contribution in [2.45, 2.75) is 37.9 Å². The van der Waals surface area contributed by atoms with E-state index in [0.717, 1.165) is 0 Å². The number of nitrogens with two attached hydrogens (primary N) is 1. The maximum Gasteiger partial charge on any atom is 0.325 e. The Morgan fingerprint density at radius 1 is 0.824 bits per heavy atom. The molecule has 11 heteroatoms. The summed E-state index contributed by atoms with van der Waals surface area (Å²) in [5, 5.41) is 34.9. The summed E-state index contributed by atoms with van der Waals surface area (Å²) in [5.41, 5.74) is 7.34. The standard InChI is InChI=1S/C23H28N4O7/c1-13(23(33)34)26-20(30)12-25-22(32)19(11-15-4-8-17(29)9-5-15)27-21(31)18(24)10-14-2-6-16(28)7-3-14/h2-9,13,18-19,28-29H,10-12,24H2,1H3,(H,25,32)(H,26,30)(H,27,31)(H,33,34). The van der Waals surface area contributed by atoms with Gasteiger partial charge in [0.05, 0.1) is 12.6 Å². The van der Waals surface area contributed by atoms with Gasteiger partial charge in [0.25, 0.3) is 0 Å². The van der Waals surface area contributed by atoms with Gasteiger partial charge in [-0.1, -0.05) is 24.3 Å². The molecular weight excluding hydrogens is 444 g/mol. The number of rotatable bonds is 11. The van der Waals surface area contributed by atoms with Gasteiger partial charge in [-0.15, -0.1) is 0 Å². The van der Waals surface area contributed by atoms with Gasteiger partial charge in [0.15, 0.2) is 0 Å². The van der Waals surface area contributed by atoms with Gasteiger partial charge in [-0.3, -0.25) is 19.2 Å². The molecular formula is C23H28N4O7. The Hall–Kier alpha value is -4.12. The van der Waals surface area contributed by atoms with Crippen LogP contribution in [0.5, 0.6) is 11.5 Å². The molecule has 2 aromatic rings. The minimum Gasteiger partial charge on any atom is -0.508 e. The number of phenols is 2. The number of aliphatic carboxylic acids is 1. The predicted octanol–water partition coefficient (Wildman–Crippen LogP) is -0.599. The second-order valence-electron chi connectivity index (χ2n) is 7.75. The van der Waals surface area contributed by atoms with E-state index in [4.69, 9.17) is 10.8 Å². The number of benzene rings is 2. The molecule has 0 spiro atoms. The molecule has 0 radical (unpaired) electrons. The predicted molar refractivity (Wildman–Crippen MR) is 122 cm³/mol. The maximum absolute atomic E-state index is 12.8. The molecule has 8 N–H and O–H groups in total. The third-order valence-corrected chi connectivity index (χ3v) is 4.91. The fourth-order valence-corrected chi connectivity index (χ4v) is 2.98.